The molecule has 25 heavy (non-hydrogen) atoms. The highest BCUT2D eigenvalue weighted by Gasteiger charge is 2.10. The largest absolute Gasteiger partial charge is 0.355 e. The van der Waals surface area contributed by atoms with E-state index in [2.05, 4.69) is 22.5 Å². The van der Waals surface area contributed by atoms with Crippen LogP contribution in [-0.2, 0) is 24.2 Å². The van der Waals surface area contributed by atoms with Crippen LogP contribution in [0, 0.1) is 6.92 Å². The molecule has 1 amide bonds. The molecule has 128 valence electrons. The van der Waals surface area contributed by atoms with Gasteiger partial charge < -0.3 is 9.88 Å². The van der Waals surface area contributed by atoms with E-state index in [1.54, 1.807) is 0 Å². The number of hydrogen-bond donors (Lipinski definition) is 1. The van der Waals surface area contributed by atoms with Gasteiger partial charge in [0.2, 0.25) is 5.91 Å². The van der Waals surface area contributed by atoms with E-state index in [-0.39, 0.29) is 5.91 Å². The number of imidazole rings is 1. The first-order valence-electron chi connectivity index (χ1n) is 8.55. The van der Waals surface area contributed by atoms with Crippen LogP contribution in [0.4, 0.5) is 0 Å². The van der Waals surface area contributed by atoms with Gasteiger partial charge in [0.1, 0.15) is 5.82 Å². The van der Waals surface area contributed by atoms with E-state index < -0.39 is 0 Å². The van der Waals surface area contributed by atoms with Crippen molar-refractivity contribution in [2.24, 2.45) is 0 Å². The van der Waals surface area contributed by atoms with E-state index in [9.17, 15) is 4.79 Å². The molecule has 0 aliphatic heterocycles. The molecule has 0 aliphatic rings. The number of nitrogens with one attached hydrogen (secondary N) is 1. The molecule has 4 nitrogen and oxygen atoms in total. The Kier molecular flexibility index (Phi) is 5.29. The first-order valence-corrected chi connectivity index (χ1v) is 8.55. The van der Waals surface area contributed by atoms with E-state index in [0.29, 0.717) is 25.9 Å². The van der Waals surface area contributed by atoms with Crippen LogP contribution in [0.25, 0.3) is 11.0 Å². The van der Waals surface area contributed by atoms with Crippen molar-refractivity contribution in [2.75, 3.05) is 6.54 Å². The third-order valence-electron chi connectivity index (χ3n) is 4.33. The van der Waals surface area contributed by atoms with Gasteiger partial charge in [0, 0.05) is 19.5 Å². The highest BCUT2D eigenvalue weighted by atomic mass is 16.1. The van der Waals surface area contributed by atoms with Gasteiger partial charge in [-0.25, -0.2) is 4.98 Å². The predicted octanol–water partition coefficient (Wildman–Crippen LogP) is 3.43. The van der Waals surface area contributed by atoms with Gasteiger partial charge in [0.05, 0.1) is 17.5 Å². The van der Waals surface area contributed by atoms with Crippen molar-refractivity contribution < 1.29 is 4.79 Å². The Morgan fingerprint density at radius 2 is 1.96 bits per heavy atom. The minimum Gasteiger partial charge on any atom is -0.355 e. The van der Waals surface area contributed by atoms with Crippen LogP contribution in [0.3, 0.4) is 0 Å². The fraction of sp³-hybridized carbons (Fsp3) is 0.238. The lowest BCUT2D eigenvalue weighted by atomic mass is 10.1. The first-order chi connectivity index (χ1) is 12.2. The summed E-state index contributed by atoms with van der Waals surface area (Å²) < 4.78 is 2.15. The minimum atomic E-state index is 0.0423. The topological polar surface area (TPSA) is 46.9 Å². The van der Waals surface area contributed by atoms with Gasteiger partial charge in [0.25, 0.3) is 0 Å². The fourth-order valence-corrected chi connectivity index (χ4v) is 3.01. The van der Waals surface area contributed by atoms with Crippen molar-refractivity contribution >= 4 is 16.9 Å². The summed E-state index contributed by atoms with van der Waals surface area (Å²) in [7, 11) is 0. The maximum absolute atomic E-state index is 12.2. The van der Waals surface area contributed by atoms with Gasteiger partial charge in [-0.2, -0.15) is 0 Å². The molecule has 0 unspecified atom stereocenters. The van der Waals surface area contributed by atoms with Crippen LogP contribution in [0.2, 0.25) is 0 Å². The summed E-state index contributed by atoms with van der Waals surface area (Å²) >= 11 is 0. The van der Waals surface area contributed by atoms with Gasteiger partial charge in [-0.15, -0.1) is 6.58 Å². The highest BCUT2D eigenvalue weighted by molar-refractivity contribution is 5.79. The Bertz CT molecular complexity index is 895. The Morgan fingerprint density at radius 3 is 2.76 bits per heavy atom. The van der Waals surface area contributed by atoms with Gasteiger partial charge >= 0.3 is 0 Å². The number of aromatic nitrogens is 2. The normalized spacial score (nSPS) is 10.8. The highest BCUT2D eigenvalue weighted by Crippen LogP contribution is 2.16. The van der Waals surface area contributed by atoms with Crippen molar-refractivity contribution in [2.45, 2.75) is 26.3 Å². The molecular formula is C21H23N3O. The van der Waals surface area contributed by atoms with Gasteiger partial charge in [0.15, 0.2) is 0 Å². The summed E-state index contributed by atoms with van der Waals surface area (Å²) in [6, 6.07) is 16.0. The molecular weight excluding hydrogens is 310 g/mol. The molecule has 1 heterocycles. The standard InChI is InChI=1S/C21H23N3O/c1-3-14-24-19-11-7-6-10-18(19)23-20(24)12-13-22-21(25)15-17-9-5-4-8-16(17)2/h3-11H,1,12-15H2,2H3,(H,22,25). The summed E-state index contributed by atoms with van der Waals surface area (Å²) in [6.45, 7) is 7.15. The van der Waals surface area contributed by atoms with E-state index >= 15 is 0 Å². The molecule has 0 bridgehead atoms. The van der Waals surface area contributed by atoms with E-state index in [4.69, 9.17) is 4.98 Å². The summed E-state index contributed by atoms with van der Waals surface area (Å²) in [5, 5.41) is 3.00. The molecule has 1 N–H and O–H groups in total. The van der Waals surface area contributed by atoms with Crippen LogP contribution in [0.15, 0.2) is 61.2 Å². The Morgan fingerprint density at radius 1 is 1.20 bits per heavy atom. The molecule has 3 rings (SSSR count). The molecule has 0 saturated heterocycles. The number of amides is 1. The summed E-state index contributed by atoms with van der Waals surface area (Å²) in [4.78, 5) is 16.9. The lowest BCUT2D eigenvalue weighted by molar-refractivity contribution is -0.120. The van der Waals surface area contributed by atoms with E-state index in [1.807, 2.05) is 55.5 Å². The monoisotopic (exact) mass is 333 g/mol. The van der Waals surface area contributed by atoms with Crippen LogP contribution >= 0.6 is 0 Å². The number of benzene rings is 2. The van der Waals surface area contributed by atoms with E-state index in [1.165, 1.54) is 0 Å². The zero-order chi connectivity index (χ0) is 17.6. The number of carbonyl (C=O) groups is 1. The van der Waals surface area contributed by atoms with Gasteiger partial charge in [-0.05, 0) is 30.2 Å². The second-order valence-electron chi connectivity index (χ2n) is 6.12. The number of rotatable bonds is 7. The molecule has 3 aromatic rings. The molecule has 0 aliphatic carbocycles. The molecule has 0 radical (unpaired) electrons. The lowest BCUT2D eigenvalue weighted by Crippen LogP contribution is -2.28. The van der Waals surface area contributed by atoms with Crippen molar-refractivity contribution in [1.29, 1.82) is 0 Å². The maximum Gasteiger partial charge on any atom is 0.224 e. The van der Waals surface area contributed by atoms with Crippen molar-refractivity contribution in [3.05, 3.63) is 78.1 Å². The third kappa shape index (κ3) is 3.97. The number of aryl methyl sites for hydroxylation is 1. The summed E-state index contributed by atoms with van der Waals surface area (Å²) in [5.74, 6) is 1.01. The summed E-state index contributed by atoms with van der Waals surface area (Å²) in [5.41, 5.74) is 4.29. The SMILES string of the molecule is C=CCn1c(CCNC(=O)Cc2ccccc2C)nc2ccccc21. The second kappa shape index (κ2) is 7.79. The first kappa shape index (κ1) is 17.0. The second-order valence-corrected chi connectivity index (χ2v) is 6.12. The molecule has 0 fully saturated rings. The lowest BCUT2D eigenvalue weighted by Gasteiger charge is -2.09. The average Bonchev–Trinajstić information content (AvgIpc) is 2.95. The number of nitrogens with zero attached hydrogens (tertiary/aromatic N) is 2. The van der Waals surface area contributed by atoms with Crippen LogP contribution in [0.1, 0.15) is 17.0 Å². The number of hydrogen-bond acceptors (Lipinski definition) is 2. The number of para-hydroxylation sites is 2. The smallest absolute Gasteiger partial charge is 0.224 e. The number of fused-ring (bicyclic) bond motifs is 1. The molecule has 0 spiro atoms. The van der Waals surface area contributed by atoms with Crippen LogP contribution in [0.5, 0.6) is 0 Å². The minimum absolute atomic E-state index is 0.0423. The van der Waals surface area contributed by atoms with Gasteiger partial charge in [-0.1, -0.05) is 42.5 Å². The fourth-order valence-electron chi connectivity index (χ4n) is 3.01. The Balaban J connectivity index is 1.63. The van der Waals surface area contributed by atoms with Crippen LogP contribution < -0.4 is 5.32 Å². The molecule has 0 atom stereocenters. The Labute approximate surface area is 148 Å². The third-order valence-corrected chi connectivity index (χ3v) is 4.33. The zero-order valence-corrected chi connectivity index (χ0v) is 14.5. The maximum atomic E-state index is 12.2. The quantitative estimate of drug-likeness (QED) is 0.673. The zero-order valence-electron chi connectivity index (χ0n) is 14.5. The number of carbonyl (C=O) groups excluding carboxylic acids is 1. The number of allylic oxidation sites excluding steroid dienone is 1. The van der Waals surface area contributed by atoms with Gasteiger partial charge in [-0.3, -0.25) is 4.79 Å². The van der Waals surface area contributed by atoms with Crippen molar-refractivity contribution in [3.63, 3.8) is 0 Å². The van der Waals surface area contributed by atoms with Crippen LogP contribution in [-0.4, -0.2) is 22.0 Å². The summed E-state index contributed by atoms with van der Waals surface area (Å²) in [6.07, 6.45) is 2.98. The van der Waals surface area contributed by atoms with Crippen molar-refractivity contribution in [3.8, 4) is 0 Å². The van der Waals surface area contributed by atoms with Crippen molar-refractivity contribution in [1.82, 2.24) is 14.9 Å². The predicted molar refractivity (Wildman–Crippen MR) is 102 cm³/mol. The average molecular weight is 333 g/mol. The van der Waals surface area contributed by atoms with E-state index in [0.717, 1.165) is 28.0 Å². The molecule has 0 saturated carbocycles. The molecule has 4 heteroatoms. The molecule has 2 aromatic carbocycles. The molecule has 1 aromatic heterocycles. The Hall–Kier alpha value is -2.88.